The van der Waals surface area contributed by atoms with E-state index in [2.05, 4.69) is 26.8 Å². The second kappa shape index (κ2) is 16.5. The van der Waals surface area contributed by atoms with Crippen LogP contribution in [0.4, 0.5) is 0 Å². The number of fused-ring (bicyclic) bond motifs is 1. The van der Waals surface area contributed by atoms with E-state index in [1.165, 1.54) is 27.2 Å². The maximum absolute atomic E-state index is 12.7. The summed E-state index contributed by atoms with van der Waals surface area (Å²) in [6.07, 6.45) is 6.46. The molecule has 0 aliphatic heterocycles. The quantitative estimate of drug-likeness (QED) is 0.369. The van der Waals surface area contributed by atoms with Crippen LogP contribution in [-0.4, -0.2) is 23.1 Å². The molecule has 1 aliphatic carbocycles. The summed E-state index contributed by atoms with van der Waals surface area (Å²) >= 11 is 0. The molecule has 0 saturated carbocycles. The normalized spacial score (nSPS) is 16.2. The van der Waals surface area contributed by atoms with Gasteiger partial charge in [0.25, 0.3) is 0 Å². The van der Waals surface area contributed by atoms with Crippen LogP contribution in [0, 0.1) is 24.7 Å². The minimum Gasteiger partial charge on any atom is -0.300 e. The molecule has 3 unspecified atom stereocenters. The summed E-state index contributed by atoms with van der Waals surface area (Å²) in [5, 5.41) is 0. The largest absolute Gasteiger partial charge is 0.300 e. The Labute approximate surface area is 201 Å². The molecule has 2 rings (SSSR count). The summed E-state index contributed by atoms with van der Waals surface area (Å²) in [6.45, 7) is 15.0. The molecule has 0 saturated heterocycles. The first-order valence-corrected chi connectivity index (χ1v) is 12.6. The Kier molecular flexibility index (Phi) is 15.5. The van der Waals surface area contributed by atoms with E-state index in [0.717, 1.165) is 48.8 Å². The zero-order valence-electron chi connectivity index (χ0n) is 22.3. The van der Waals surface area contributed by atoms with Crippen LogP contribution in [0.25, 0.3) is 0 Å². The molecule has 0 heterocycles. The van der Waals surface area contributed by atoms with Crippen molar-refractivity contribution in [2.75, 3.05) is 0 Å². The van der Waals surface area contributed by atoms with Gasteiger partial charge < -0.3 is 4.79 Å². The lowest BCUT2D eigenvalue weighted by Gasteiger charge is -2.31. The highest BCUT2D eigenvalue weighted by molar-refractivity contribution is 6.00. The monoisotopic (exact) mass is 458 g/mol. The molecule has 0 fully saturated rings. The van der Waals surface area contributed by atoms with Gasteiger partial charge in [-0.2, -0.15) is 0 Å². The van der Waals surface area contributed by atoms with E-state index in [0.29, 0.717) is 12.3 Å². The van der Waals surface area contributed by atoms with E-state index in [1.807, 2.05) is 26.0 Å². The summed E-state index contributed by atoms with van der Waals surface area (Å²) in [5.74, 6) is 0.937. The van der Waals surface area contributed by atoms with E-state index in [4.69, 9.17) is 0 Å². The first-order valence-electron chi connectivity index (χ1n) is 12.6. The van der Waals surface area contributed by atoms with Crippen LogP contribution >= 0.6 is 0 Å². The van der Waals surface area contributed by atoms with Crippen molar-refractivity contribution in [3.05, 3.63) is 34.9 Å². The molecule has 4 nitrogen and oxygen atoms in total. The molecule has 4 heteroatoms. The summed E-state index contributed by atoms with van der Waals surface area (Å²) in [5.41, 5.74) is 3.14. The average Bonchev–Trinajstić information content (AvgIpc) is 2.68. The molecule has 1 aromatic rings. The van der Waals surface area contributed by atoms with Gasteiger partial charge in [0.1, 0.15) is 17.3 Å². The molecule has 0 aromatic heterocycles. The van der Waals surface area contributed by atoms with Crippen molar-refractivity contribution in [3.63, 3.8) is 0 Å². The summed E-state index contributed by atoms with van der Waals surface area (Å²) < 4.78 is 0. The van der Waals surface area contributed by atoms with Crippen LogP contribution in [0.2, 0.25) is 0 Å². The van der Waals surface area contributed by atoms with Crippen LogP contribution in [-0.2, 0) is 20.8 Å². The van der Waals surface area contributed by atoms with Gasteiger partial charge in [-0.1, -0.05) is 65.2 Å². The van der Waals surface area contributed by atoms with Crippen LogP contribution in [0.15, 0.2) is 18.2 Å². The summed E-state index contributed by atoms with van der Waals surface area (Å²) in [4.78, 5) is 46.1. The SMILES string of the molecule is CC(C)=O.CCC.CCCC(CC1CC(=O)c2c(C)cccc2C1)C(CC)C(=O)CC(C)=O. The number of carbonyl (C=O) groups excluding carboxylic acids is 4. The fourth-order valence-corrected chi connectivity index (χ4v) is 4.69. The molecule has 0 radical (unpaired) electrons. The summed E-state index contributed by atoms with van der Waals surface area (Å²) in [6, 6.07) is 6.10. The van der Waals surface area contributed by atoms with Gasteiger partial charge in [-0.15, -0.1) is 0 Å². The molecular weight excluding hydrogens is 412 g/mol. The Morgan fingerprint density at radius 3 is 2.06 bits per heavy atom. The van der Waals surface area contributed by atoms with Gasteiger partial charge in [0.15, 0.2) is 5.78 Å². The number of hydrogen-bond acceptors (Lipinski definition) is 4. The molecule has 3 atom stereocenters. The molecule has 33 heavy (non-hydrogen) atoms. The van der Waals surface area contributed by atoms with Gasteiger partial charge in [0.2, 0.25) is 0 Å². The van der Waals surface area contributed by atoms with Crippen molar-refractivity contribution in [2.45, 2.75) is 107 Å². The zero-order valence-corrected chi connectivity index (χ0v) is 22.3. The maximum Gasteiger partial charge on any atom is 0.163 e. The van der Waals surface area contributed by atoms with Gasteiger partial charge in [0.05, 0.1) is 6.42 Å². The van der Waals surface area contributed by atoms with Crippen molar-refractivity contribution < 1.29 is 19.2 Å². The number of rotatable bonds is 9. The van der Waals surface area contributed by atoms with E-state index >= 15 is 0 Å². The lowest BCUT2D eigenvalue weighted by Crippen LogP contribution is -2.29. The first kappa shape index (κ1) is 30.9. The molecule has 0 spiro atoms. The predicted molar refractivity (Wildman–Crippen MR) is 137 cm³/mol. The van der Waals surface area contributed by atoms with Gasteiger partial charge in [0, 0.05) is 17.9 Å². The fourth-order valence-electron chi connectivity index (χ4n) is 4.69. The number of hydrogen-bond donors (Lipinski definition) is 0. The Morgan fingerprint density at radius 1 is 1.00 bits per heavy atom. The average molecular weight is 459 g/mol. The van der Waals surface area contributed by atoms with Crippen molar-refractivity contribution in [2.24, 2.45) is 17.8 Å². The predicted octanol–water partition coefficient (Wildman–Crippen LogP) is 7.13. The van der Waals surface area contributed by atoms with E-state index in [1.54, 1.807) is 0 Å². The molecule has 1 aromatic carbocycles. The molecular formula is C29H46O4. The lowest BCUT2D eigenvalue weighted by molar-refractivity contribution is -0.130. The van der Waals surface area contributed by atoms with Gasteiger partial charge in [-0.3, -0.25) is 14.4 Å². The lowest BCUT2D eigenvalue weighted by atomic mass is 9.72. The number of Topliss-reactive ketones (excluding diaryl/α,β-unsaturated/α-hetero) is 4. The van der Waals surface area contributed by atoms with E-state index in [-0.39, 0.29) is 41.4 Å². The molecule has 0 bridgehead atoms. The van der Waals surface area contributed by atoms with Gasteiger partial charge in [-0.05, 0) is 69.9 Å². The van der Waals surface area contributed by atoms with Crippen LogP contribution in [0.3, 0.4) is 0 Å². The Balaban J connectivity index is 0.00000129. The highest BCUT2D eigenvalue weighted by Gasteiger charge is 2.32. The van der Waals surface area contributed by atoms with Crippen molar-refractivity contribution >= 4 is 23.1 Å². The minimum atomic E-state index is -0.0622. The Morgan fingerprint density at radius 2 is 1.58 bits per heavy atom. The third-order valence-electron chi connectivity index (χ3n) is 5.76. The zero-order chi connectivity index (χ0) is 25.6. The highest BCUT2D eigenvalue weighted by Crippen LogP contribution is 2.36. The second-order valence-electron chi connectivity index (χ2n) is 9.57. The number of aryl methyl sites for hydroxylation is 1. The van der Waals surface area contributed by atoms with Crippen molar-refractivity contribution in [1.29, 1.82) is 0 Å². The van der Waals surface area contributed by atoms with Crippen molar-refractivity contribution in [1.82, 2.24) is 0 Å². The number of benzene rings is 1. The van der Waals surface area contributed by atoms with Gasteiger partial charge in [-0.25, -0.2) is 0 Å². The molecule has 0 N–H and O–H groups in total. The second-order valence-corrected chi connectivity index (χ2v) is 9.57. The van der Waals surface area contributed by atoms with Crippen molar-refractivity contribution in [3.8, 4) is 0 Å². The topological polar surface area (TPSA) is 68.3 Å². The van der Waals surface area contributed by atoms with E-state index in [9.17, 15) is 19.2 Å². The maximum atomic E-state index is 12.7. The number of carbonyl (C=O) groups is 4. The summed E-state index contributed by atoms with van der Waals surface area (Å²) in [7, 11) is 0. The van der Waals surface area contributed by atoms with Crippen LogP contribution in [0.5, 0.6) is 0 Å². The third kappa shape index (κ3) is 11.5. The molecule has 186 valence electrons. The van der Waals surface area contributed by atoms with Crippen LogP contribution in [0.1, 0.15) is 115 Å². The van der Waals surface area contributed by atoms with E-state index < -0.39 is 0 Å². The standard InChI is InChI=1S/C23H32O3.C3H6O.C3H8/c1-5-8-18(20(6-2)21(25)11-16(4)24)12-17-13-19-10-7-9-15(3)23(19)22(26)14-17;1-3(2)4;1-3-2/h7,9-10,17-18,20H,5-6,8,11-14H2,1-4H3;1-2H3;3H2,1-2H3. The fraction of sp³-hybridized carbons (Fsp3) is 0.655. The van der Waals surface area contributed by atoms with Gasteiger partial charge >= 0.3 is 0 Å². The Bertz CT molecular complexity index is 774. The Hall–Kier alpha value is -2.10. The highest BCUT2D eigenvalue weighted by atomic mass is 16.1. The first-order chi connectivity index (χ1) is 15.5. The molecule has 1 aliphatic rings. The van der Waals surface area contributed by atoms with Crippen LogP contribution < -0.4 is 0 Å². The third-order valence-corrected chi connectivity index (χ3v) is 5.76. The minimum absolute atomic E-state index is 0.0460. The number of ketones is 4. The smallest absolute Gasteiger partial charge is 0.163 e. The molecule has 0 amide bonds.